The van der Waals surface area contributed by atoms with Crippen molar-refractivity contribution >= 4 is 6.03 Å². The lowest BCUT2D eigenvalue weighted by Gasteiger charge is -2.36. The fourth-order valence-electron chi connectivity index (χ4n) is 6.00. The van der Waals surface area contributed by atoms with E-state index in [0.717, 1.165) is 33.4 Å². The molecule has 4 N–H and O–H groups in total. The van der Waals surface area contributed by atoms with Gasteiger partial charge in [0.05, 0.1) is 39.5 Å². The van der Waals surface area contributed by atoms with Crippen LogP contribution in [0.15, 0.2) is 97.1 Å². The lowest BCUT2D eigenvalue weighted by Crippen LogP contribution is -2.50. The van der Waals surface area contributed by atoms with Gasteiger partial charge in [0.2, 0.25) is 0 Å². The molecule has 0 aromatic heterocycles. The number of aliphatic hydroxyl groups is 4. The third-order valence-corrected chi connectivity index (χ3v) is 8.76. The van der Waals surface area contributed by atoms with Gasteiger partial charge in [-0.25, -0.2) is 4.79 Å². The number of amides is 2. The van der Waals surface area contributed by atoms with Crippen molar-refractivity contribution < 1.29 is 34.7 Å². The lowest BCUT2D eigenvalue weighted by molar-refractivity contribution is -0.0408. The zero-order chi connectivity index (χ0) is 32.6. The number of hydrogen-bond acceptors (Lipinski definition) is 7. The molecule has 4 atom stereocenters. The number of methoxy groups -OCH3 is 2. The molecule has 0 aliphatic carbocycles. The third kappa shape index (κ3) is 7.68. The largest absolute Gasteiger partial charge is 0.497 e. The van der Waals surface area contributed by atoms with Crippen LogP contribution in [0, 0.1) is 0 Å². The molecule has 9 nitrogen and oxygen atoms in total. The van der Waals surface area contributed by atoms with Gasteiger partial charge < -0.3 is 39.7 Å². The Kier molecular flexibility index (Phi) is 10.9. The molecule has 1 aliphatic rings. The molecule has 0 spiro atoms. The van der Waals surface area contributed by atoms with Crippen LogP contribution in [0.4, 0.5) is 4.79 Å². The van der Waals surface area contributed by atoms with Crippen molar-refractivity contribution in [2.75, 3.05) is 14.2 Å². The summed E-state index contributed by atoms with van der Waals surface area (Å²) in [5, 5.41) is 43.0. The number of ether oxygens (including phenoxy) is 2. The Bertz CT molecular complexity index is 1430. The summed E-state index contributed by atoms with van der Waals surface area (Å²) < 4.78 is 10.6. The molecular formula is C37H42N2O7. The number of urea groups is 1. The number of benzene rings is 4. The topological polar surface area (TPSA) is 123 Å². The van der Waals surface area contributed by atoms with Gasteiger partial charge in [-0.2, -0.15) is 0 Å². The zero-order valence-corrected chi connectivity index (χ0v) is 26.2. The predicted octanol–water partition coefficient (Wildman–Crippen LogP) is 4.07. The average Bonchev–Trinajstić information content (AvgIpc) is 3.16. The highest BCUT2D eigenvalue weighted by atomic mass is 16.5. The second kappa shape index (κ2) is 15.2. The van der Waals surface area contributed by atoms with Gasteiger partial charge in [0.1, 0.15) is 23.7 Å². The minimum absolute atomic E-state index is 0.0934. The van der Waals surface area contributed by atoms with Gasteiger partial charge in [0, 0.05) is 13.1 Å². The molecule has 0 saturated carbocycles. The summed E-state index contributed by atoms with van der Waals surface area (Å²) in [5.41, 5.74) is 4.92. The van der Waals surface area contributed by atoms with Crippen LogP contribution in [0.25, 0.3) is 0 Å². The first-order chi connectivity index (χ1) is 22.3. The first-order valence-electron chi connectivity index (χ1n) is 15.4. The Morgan fingerprint density at radius 3 is 1.13 bits per heavy atom. The van der Waals surface area contributed by atoms with Crippen LogP contribution in [0.2, 0.25) is 0 Å². The first kappa shape index (κ1) is 33.0. The molecule has 0 bridgehead atoms. The molecule has 0 unspecified atom stereocenters. The third-order valence-electron chi connectivity index (χ3n) is 8.76. The summed E-state index contributed by atoms with van der Waals surface area (Å²) in [5.74, 6) is 1.39. The van der Waals surface area contributed by atoms with Gasteiger partial charge in [-0.05, 0) is 70.5 Å². The van der Waals surface area contributed by atoms with Gasteiger partial charge in [-0.1, -0.05) is 72.8 Å². The highest BCUT2D eigenvalue weighted by Gasteiger charge is 2.46. The molecule has 242 valence electrons. The summed E-state index contributed by atoms with van der Waals surface area (Å²) in [6, 6.07) is 27.8. The SMILES string of the molecule is COc1ccc(C[C@@H]2[C@H](O)[C@@H](O)[C@@H](Cc3ccc(OC)cc3)N(Cc3ccc(CO)cc3)C(=O)N2Cc2ccc(CO)cc2)cc1. The molecule has 1 aliphatic heterocycles. The second-order valence-electron chi connectivity index (χ2n) is 11.7. The molecule has 1 saturated heterocycles. The molecule has 9 heteroatoms. The van der Waals surface area contributed by atoms with E-state index < -0.39 is 24.3 Å². The number of aliphatic hydroxyl groups excluding tert-OH is 4. The van der Waals surface area contributed by atoms with Crippen molar-refractivity contribution in [1.29, 1.82) is 0 Å². The fourth-order valence-corrected chi connectivity index (χ4v) is 6.00. The van der Waals surface area contributed by atoms with E-state index in [0.29, 0.717) is 24.3 Å². The molecule has 2 amide bonds. The monoisotopic (exact) mass is 626 g/mol. The Labute approximate surface area is 269 Å². The van der Waals surface area contributed by atoms with Crippen molar-refractivity contribution in [3.05, 3.63) is 130 Å². The Balaban J connectivity index is 1.57. The molecule has 4 aromatic rings. The fraction of sp³-hybridized carbons (Fsp3) is 0.324. The minimum atomic E-state index is -1.27. The number of carbonyl (C=O) groups excluding carboxylic acids is 1. The molecular weight excluding hydrogens is 584 g/mol. The maximum absolute atomic E-state index is 14.8. The summed E-state index contributed by atoms with van der Waals surface area (Å²) in [7, 11) is 3.19. The molecule has 46 heavy (non-hydrogen) atoms. The van der Waals surface area contributed by atoms with Gasteiger partial charge >= 0.3 is 6.03 Å². The van der Waals surface area contributed by atoms with Gasteiger partial charge in [-0.15, -0.1) is 0 Å². The summed E-state index contributed by atoms with van der Waals surface area (Å²) in [6.45, 7) is 0.183. The Morgan fingerprint density at radius 2 is 0.826 bits per heavy atom. The van der Waals surface area contributed by atoms with Crippen LogP contribution in [-0.2, 0) is 39.1 Å². The van der Waals surface area contributed by atoms with Crippen LogP contribution < -0.4 is 9.47 Å². The van der Waals surface area contributed by atoms with Gasteiger partial charge in [0.25, 0.3) is 0 Å². The number of nitrogens with zero attached hydrogens (tertiary/aromatic N) is 2. The maximum atomic E-state index is 14.8. The van der Waals surface area contributed by atoms with Crippen molar-refractivity contribution in [1.82, 2.24) is 9.80 Å². The van der Waals surface area contributed by atoms with Crippen molar-refractivity contribution in [2.24, 2.45) is 0 Å². The normalized spacial score (nSPS) is 20.0. The van der Waals surface area contributed by atoms with Crippen LogP contribution >= 0.6 is 0 Å². The van der Waals surface area contributed by atoms with Crippen LogP contribution in [0.1, 0.15) is 33.4 Å². The molecule has 4 aromatic carbocycles. The molecule has 5 rings (SSSR count). The van der Waals surface area contributed by atoms with Crippen molar-refractivity contribution in [3.63, 3.8) is 0 Å². The summed E-state index contributed by atoms with van der Waals surface area (Å²) >= 11 is 0. The van der Waals surface area contributed by atoms with E-state index in [4.69, 9.17) is 9.47 Å². The second-order valence-corrected chi connectivity index (χ2v) is 11.7. The highest BCUT2D eigenvalue weighted by molar-refractivity contribution is 5.76. The number of carbonyl (C=O) groups is 1. The highest BCUT2D eigenvalue weighted by Crippen LogP contribution is 2.31. The van der Waals surface area contributed by atoms with E-state index in [1.807, 2.05) is 97.1 Å². The molecule has 1 fully saturated rings. The molecule has 0 radical (unpaired) electrons. The van der Waals surface area contributed by atoms with E-state index in [9.17, 15) is 25.2 Å². The van der Waals surface area contributed by atoms with Crippen LogP contribution in [0.3, 0.4) is 0 Å². The van der Waals surface area contributed by atoms with Crippen LogP contribution in [-0.4, -0.2) is 74.8 Å². The lowest BCUT2D eigenvalue weighted by atomic mass is 9.90. The maximum Gasteiger partial charge on any atom is 0.321 e. The van der Waals surface area contributed by atoms with E-state index in [1.165, 1.54) is 0 Å². The Hall–Kier alpha value is -4.41. The smallest absolute Gasteiger partial charge is 0.321 e. The Morgan fingerprint density at radius 1 is 0.522 bits per heavy atom. The number of hydrogen-bond donors (Lipinski definition) is 4. The van der Waals surface area contributed by atoms with Crippen molar-refractivity contribution in [2.45, 2.75) is 63.4 Å². The number of rotatable bonds is 12. The minimum Gasteiger partial charge on any atom is -0.497 e. The first-order valence-corrected chi connectivity index (χ1v) is 15.4. The van der Waals surface area contributed by atoms with Gasteiger partial charge in [0.15, 0.2) is 0 Å². The van der Waals surface area contributed by atoms with Crippen molar-refractivity contribution in [3.8, 4) is 11.5 Å². The van der Waals surface area contributed by atoms with Crippen LogP contribution in [0.5, 0.6) is 11.5 Å². The van der Waals surface area contributed by atoms with E-state index in [1.54, 1.807) is 24.0 Å². The van der Waals surface area contributed by atoms with Gasteiger partial charge in [-0.3, -0.25) is 0 Å². The van der Waals surface area contributed by atoms with E-state index >= 15 is 0 Å². The van der Waals surface area contributed by atoms with E-state index in [-0.39, 0.29) is 32.3 Å². The summed E-state index contributed by atoms with van der Waals surface area (Å²) in [6.07, 6.45) is -1.94. The zero-order valence-electron chi connectivity index (χ0n) is 26.2. The standard InChI is InChI=1S/C37H42N2O7/c1-45-31-15-11-25(12-16-31)19-33-35(42)36(43)34(20-26-13-17-32(46-2)18-14-26)39(22-28-5-9-30(24-41)10-6-28)37(44)38(33)21-27-3-7-29(23-40)8-4-27/h3-18,33-36,40-43H,19-24H2,1-2H3/t33-,34-,35+,36+/m1/s1. The van der Waals surface area contributed by atoms with E-state index in [2.05, 4.69) is 0 Å². The quantitative estimate of drug-likeness (QED) is 0.187. The average molecular weight is 627 g/mol. The molecule has 1 heterocycles. The predicted molar refractivity (Wildman–Crippen MR) is 174 cm³/mol. The summed E-state index contributed by atoms with van der Waals surface area (Å²) in [4.78, 5) is 18.1.